The number of allylic oxidation sites excluding steroid dienone is 1. The SMILES string of the molecule is C=CCn1c(SCC(=O)NC(C)c2ccccc2)nnc1-c1ccc(Cl)cc1Cl. The Kier molecular flexibility index (Phi) is 7.36. The van der Waals surface area contributed by atoms with Crippen LogP contribution in [-0.4, -0.2) is 26.4 Å². The van der Waals surface area contributed by atoms with Crippen LogP contribution in [0.15, 0.2) is 66.3 Å². The van der Waals surface area contributed by atoms with Crippen LogP contribution in [0, 0.1) is 0 Å². The molecule has 8 heteroatoms. The second-order valence-electron chi connectivity index (χ2n) is 6.32. The van der Waals surface area contributed by atoms with Crippen molar-refractivity contribution in [1.29, 1.82) is 0 Å². The number of hydrogen-bond donors (Lipinski definition) is 1. The first-order valence-corrected chi connectivity index (χ1v) is 10.7. The Bertz CT molecular complexity index is 1010. The summed E-state index contributed by atoms with van der Waals surface area (Å²) in [6.45, 7) is 6.25. The van der Waals surface area contributed by atoms with Gasteiger partial charge < -0.3 is 5.32 Å². The molecule has 5 nitrogen and oxygen atoms in total. The average Bonchev–Trinajstić information content (AvgIpc) is 3.10. The second kappa shape index (κ2) is 9.96. The van der Waals surface area contributed by atoms with Crippen LogP contribution in [0.1, 0.15) is 18.5 Å². The summed E-state index contributed by atoms with van der Waals surface area (Å²) in [5.74, 6) is 0.749. The molecule has 1 unspecified atom stereocenters. The van der Waals surface area contributed by atoms with Gasteiger partial charge in [0.05, 0.1) is 16.8 Å². The summed E-state index contributed by atoms with van der Waals surface area (Å²) < 4.78 is 1.88. The molecule has 1 N–H and O–H groups in total. The highest BCUT2D eigenvalue weighted by Gasteiger charge is 2.18. The molecule has 0 aliphatic heterocycles. The maximum atomic E-state index is 12.4. The summed E-state index contributed by atoms with van der Waals surface area (Å²) in [4.78, 5) is 12.4. The number of halogens is 2. The second-order valence-corrected chi connectivity index (χ2v) is 8.10. The van der Waals surface area contributed by atoms with Gasteiger partial charge in [0.2, 0.25) is 5.91 Å². The summed E-state index contributed by atoms with van der Waals surface area (Å²) in [5, 5.41) is 13.2. The Morgan fingerprint density at radius 2 is 2.00 bits per heavy atom. The molecule has 0 saturated heterocycles. The van der Waals surface area contributed by atoms with Crippen molar-refractivity contribution in [2.24, 2.45) is 0 Å². The number of nitrogens with zero attached hydrogens (tertiary/aromatic N) is 3. The van der Waals surface area contributed by atoms with E-state index in [2.05, 4.69) is 22.1 Å². The van der Waals surface area contributed by atoms with Crippen LogP contribution >= 0.6 is 35.0 Å². The molecule has 0 fully saturated rings. The number of carbonyl (C=O) groups is 1. The highest BCUT2D eigenvalue weighted by Crippen LogP contribution is 2.31. The van der Waals surface area contributed by atoms with Gasteiger partial charge in [-0.15, -0.1) is 16.8 Å². The predicted octanol–water partition coefficient (Wildman–Crippen LogP) is 5.41. The molecule has 0 aliphatic rings. The predicted molar refractivity (Wildman–Crippen MR) is 119 cm³/mol. The van der Waals surface area contributed by atoms with Gasteiger partial charge in [-0.1, -0.05) is 71.4 Å². The van der Waals surface area contributed by atoms with Gasteiger partial charge in [0, 0.05) is 17.1 Å². The van der Waals surface area contributed by atoms with Gasteiger partial charge in [0.1, 0.15) is 0 Å². The topological polar surface area (TPSA) is 59.8 Å². The molecule has 1 amide bonds. The fourth-order valence-corrected chi connectivity index (χ4v) is 4.05. The van der Waals surface area contributed by atoms with E-state index in [-0.39, 0.29) is 17.7 Å². The van der Waals surface area contributed by atoms with Gasteiger partial charge in [0.25, 0.3) is 0 Å². The van der Waals surface area contributed by atoms with E-state index < -0.39 is 0 Å². The first-order valence-electron chi connectivity index (χ1n) is 8.96. The fraction of sp³-hybridized carbons (Fsp3) is 0.190. The number of amides is 1. The van der Waals surface area contributed by atoms with Gasteiger partial charge in [-0.3, -0.25) is 9.36 Å². The number of hydrogen-bond acceptors (Lipinski definition) is 4. The quantitative estimate of drug-likeness (QED) is 0.371. The highest BCUT2D eigenvalue weighted by molar-refractivity contribution is 7.99. The lowest BCUT2D eigenvalue weighted by Crippen LogP contribution is -2.28. The normalized spacial score (nSPS) is 11.8. The molecular formula is C21H20Cl2N4OS. The molecule has 0 aliphatic carbocycles. The van der Waals surface area contributed by atoms with Crippen molar-refractivity contribution >= 4 is 40.9 Å². The molecule has 3 rings (SSSR count). The van der Waals surface area contributed by atoms with E-state index in [1.807, 2.05) is 41.8 Å². The molecule has 1 aromatic heterocycles. The molecule has 1 heterocycles. The summed E-state index contributed by atoms with van der Waals surface area (Å²) in [6, 6.07) is 15.0. The molecule has 1 atom stereocenters. The van der Waals surface area contributed by atoms with Gasteiger partial charge in [-0.05, 0) is 30.7 Å². The van der Waals surface area contributed by atoms with Crippen molar-refractivity contribution in [2.45, 2.75) is 24.7 Å². The smallest absolute Gasteiger partial charge is 0.230 e. The van der Waals surface area contributed by atoms with Gasteiger partial charge in [-0.2, -0.15) is 0 Å². The lowest BCUT2D eigenvalue weighted by Gasteiger charge is -2.14. The molecule has 0 spiro atoms. The van der Waals surface area contributed by atoms with Crippen LogP contribution in [0.3, 0.4) is 0 Å². The van der Waals surface area contributed by atoms with Crippen LogP contribution in [-0.2, 0) is 11.3 Å². The summed E-state index contributed by atoms with van der Waals surface area (Å²) in [7, 11) is 0. The van der Waals surface area contributed by atoms with E-state index in [9.17, 15) is 4.79 Å². The van der Waals surface area contributed by atoms with Crippen molar-refractivity contribution in [2.75, 3.05) is 5.75 Å². The van der Waals surface area contributed by atoms with Crippen molar-refractivity contribution in [1.82, 2.24) is 20.1 Å². The molecule has 150 valence electrons. The standard InChI is InChI=1S/C21H20Cl2N4OS/c1-3-11-27-20(17-10-9-16(22)12-18(17)23)25-26-21(27)29-13-19(28)24-14(2)15-7-5-4-6-8-15/h3-10,12,14H,1,11,13H2,2H3,(H,24,28). The minimum Gasteiger partial charge on any atom is -0.349 e. The first kappa shape index (κ1) is 21.4. The monoisotopic (exact) mass is 446 g/mol. The molecular weight excluding hydrogens is 427 g/mol. The van der Waals surface area contributed by atoms with Crippen molar-refractivity contribution in [3.63, 3.8) is 0 Å². The zero-order chi connectivity index (χ0) is 20.8. The van der Waals surface area contributed by atoms with E-state index >= 15 is 0 Å². The number of aromatic nitrogens is 3. The van der Waals surface area contributed by atoms with E-state index in [0.717, 1.165) is 11.1 Å². The number of nitrogens with one attached hydrogen (secondary N) is 1. The molecule has 3 aromatic rings. The maximum absolute atomic E-state index is 12.4. The summed E-state index contributed by atoms with van der Waals surface area (Å²) in [6.07, 6.45) is 1.75. The van der Waals surface area contributed by atoms with E-state index in [1.54, 1.807) is 24.3 Å². The van der Waals surface area contributed by atoms with Crippen LogP contribution in [0.5, 0.6) is 0 Å². The average molecular weight is 447 g/mol. The van der Waals surface area contributed by atoms with Crippen LogP contribution in [0.2, 0.25) is 10.0 Å². The summed E-state index contributed by atoms with van der Waals surface area (Å²) in [5.41, 5.74) is 1.78. The van der Waals surface area contributed by atoms with Crippen LogP contribution < -0.4 is 5.32 Å². The van der Waals surface area contributed by atoms with Crippen LogP contribution in [0.4, 0.5) is 0 Å². The lowest BCUT2D eigenvalue weighted by atomic mass is 10.1. The lowest BCUT2D eigenvalue weighted by molar-refractivity contribution is -0.119. The molecule has 0 saturated carbocycles. The third-order valence-electron chi connectivity index (χ3n) is 4.21. The zero-order valence-corrected chi connectivity index (χ0v) is 18.1. The van der Waals surface area contributed by atoms with Crippen LogP contribution in [0.25, 0.3) is 11.4 Å². The largest absolute Gasteiger partial charge is 0.349 e. The minimum absolute atomic E-state index is 0.0706. The maximum Gasteiger partial charge on any atom is 0.230 e. The number of thioether (sulfide) groups is 1. The first-order chi connectivity index (χ1) is 14.0. The number of rotatable bonds is 8. The Hall–Kier alpha value is -2.28. The van der Waals surface area contributed by atoms with Crippen molar-refractivity contribution in [3.05, 3.63) is 76.8 Å². The number of benzene rings is 2. The Balaban J connectivity index is 1.71. The highest BCUT2D eigenvalue weighted by atomic mass is 35.5. The van der Waals surface area contributed by atoms with Gasteiger partial charge >= 0.3 is 0 Å². The Morgan fingerprint density at radius 3 is 2.69 bits per heavy atom. The fourth-order valence-electron chi connectivity index (χ4n) is 2.80. The third-order valence-corrected chi connectivity index (χ3v) is 5.72. The number of carbonyl (C=O) groups excluding carboxylic acids is 1. The van der Waals surface area contributed by atoms with E-state index in [0.29, 0.717) is 27.6 Å². The van der Waals surface area contributed by atoms with Crippen molar-refractivity contribution < 1.29 is 4.79 Å². The minimum atomic E-state index is -0.0782. The Morgan fingerprint density at radius 1 is 1.24 bits per heavy atom. The summed E-state index contributed by atoms with van der Waals surface area (Å²) >= 11 is 13.6. The zero-order valence-electron chi connectivity index (χ0n) is 15.8. The Labute approximate surface area is 184 Å². The van der Waals surface area contributed by atoms with Gasteiger partial charge in [0.15, 0.2) is 11.0 Å². The molecule has 0 radical (unpaired) electrons. The molecule has 29 heavy (non-hydrogen) atoms. The molecule has 0 bridgehead atoms. The van der Waals surface area contributed by atoms with Gasteiger partial charge in [-0.25, -0.2) is 0 Å². The third kappa shape index (κ3) is 5.41. The van der Waals surface area contributed by atoms with E-state index in [4.69, 9.17) is 23.2 Å². The molecule has 2 aromatic carbocycles. The van der Waals surface area contributed by atoms with Crippen molar-refractivity contribution in [3.8, 4) is 11.4 Å². The van der Waals surface area contributed by atoms with E-state index in [1.165, 1.54) is 11.8 Å².